The Morgan fingerprint density at radius 1 is 1.26 bits per heavy atom. The Labute approximate surface area is 127 Å². The summed E-state index contributed by atoms with van der Waals surface area (Å²) in [6.07, 6.45) is 3.31. The highest BCUT2D eigenvalue weighted by molar-refractivity contribution is 9.10. The standard InChI is InChI=1S/C15H19BrClNO/c1-3-5-13(18-6-4-2)14-8-10-7-11(16)9-12(17)15(10)19-14/h7-9,13,18H,3-6H2,1-2H3. The van der Waals surface area contributed by atoms with E-state index >= 15 is 0 Å². The zero-order chi connectivity index (χ0) is 13.8. The van der Waals surface area contributed by atoms with Crippen LogP contribution in [0.1, 0.15) is 44.9 Å². The Kier molecular flexibility index (Phi) is 5.31. The van der Waals surface area contributed by atoms with Crippen LogP contribution in [0.2, 0.25) is 5.02 Å². The van der Waals surface area contributed by atoms with Crippen LogP contribution in [0.3, 0.4) is 0 Å². The number of rotatable bonds is 6. The largest absolute Gasteiger partial charge is 0.458 e. The third-order valence-corrected chi connectivity index (χ3v) is 3.85. The summed E-state index contributed by atoms with van der Waals surface area (Å²) >= 11 is 9.68. The molecule has 1 unspecified atom stereocenters. The minimum Gasteiger partial charge on any atom is -0.458 e. The fourth-order valence-electron chi connectivity index (χ4n) is 2.22. The Bertz CT molecular complexity index is 552. The van der Waals surface area contributed by atoms with Gasteiger partial charge < -0.3 is 9.73 Å². The molecule has 1 heterocycles. The highest BCUT2D eigenvalue weighted by Gasteiger charge is 2.16. The molecule has 0 radical (unpaired) electrons. The minimum absolute atomic E-state index is 0.271. The van der Waals surface area contributed by atoms with Crippen LogP contribution in [-0.2, 0) is 0 Å². The second-order valence-electron chi connectivity index (χ2n) is 4.75. The first-order valence-electron chi connectivity index (χ1n) is 6.77. The summed E-state index contributed by atoms with van der Waals surface area (Å²) < 4.78 is 6.93. The van der Waals surface area contributed by atoms with Crippen molar-refractivity contribution < 1.29 is 4.42 Å². The number of nitrogens with one attached hydrogen (secondary N) is 1. The fraction of sp³-hybridized carbons (Fsp3) is 0.467. The lowest BCUT2D eigenvalue weighted by Crippen LogP contribution is -2.21. The summed E-state index contributed by atoms with van der Waals surface area (Å²) in [7, 11) is 0. The van der Waals surface area contributed by atoms with Gasteiger partial charge in [-0.05, 0) is 37.6 Å². The summed E-state index contributed by atoms with van der Waals surface area (Å²) in [6, 6.07) is 6.27. The number of benzene rings is 1. The molecular formula is C15H19BrClNO. The molecule has 2 rings (SSSR count). The SMILES string of the molecule is CCCNC(CCC)c1cc2cc(Br)cc(Cl)c2o1. The Balaban J connectivity index is 2.34. The fourth-order valence-corrected chi connectivity index (χ4v) is 3.09. The van der Waals surface area contributed by atoms with Gasteiger partial charge in [0.15, 0.2) is 5.58 Å². The zero-order valence-electron chi connectivity index (χ0n) is 11.3. The summed E-state index contributed by atoms with van der Waals surface area (Å²) in [6.45, 7) is 5.36. The third-order valence-electron chi connectivity index (χ3n) is 3.12. The Hall–Kier alpha value is -0.510. The predicted octanol–water partition coefficient (Wildman–Crippen LogP) is 5.69. The van der Waals surface area contributed by atoms with E-state index in [0.29, 0.717) is 5.02 Å². The van der Waals surface area contributed by atoms with Gasteiger partial charge in [0, 0.05) is 9.86 Å². The van der Waals surface area contributed by atoms with Crippen molar-refractivity contribution in [2.24, 2.45) is 0 Å². The van der Waals surface area contributed by atoms with Crippen LogP contribution in [0.5, 0.6) is 0 Å². The number of halogens is 2. The molecule has 1 N–H and O–H groups in total. The first-order chi connectivity index (χ1) is 9.15. The predicted molar refractivity (Wildman–Crippen MR) is 84.9 cm³/mol. The van der Waals surface area contributed by atoms with E-state index in [9.17, 15) is 0 Å². The summed E-state index contributed by atoms with van der Waals surface area (Å²) in [4.78, 5) is 0. The molecule has 1 aromatic heterocycles. The van der Waals surface area contributed by atoms with Gasteiger partial charge in [-0.2, -0.15) is 0 Å². The summed E-state index contributed by atoms with van der Waals surface area (Å²) in [5.41, 5.74) is 0.777. The molecule has 0 fully saturated rings. The molecule has 0 saturated carbocycles. The lowest BCUT2D eigenvalue weighted by molar-refractivity contribution is 0.408. The quantitative estimate of drug-likeness (QED) is 0.728. The van der Waals surface area contributed by atoms with Crippen molar-refractivity contribution in [3.8, 4) is 0 Å². The van der Waals surface area contributed by atoms with Gasteiger partial charge in [-0.1, -0.05) is 47.8 Å². The molecule has 2 aromatic rings. The lowest BCUT2D eigenvalue weighted by Gasteiger charge is -2.14. The van der Waals surface area contributed by atoms with Crippen molar-refractivity contribution in [2.45, 2.75) is 39.2 Å². The molecule has 104 valence electrons. The van der Waals surface area contributed by atoms with E-state index in [4.69, 9.17) is 16.0 Å². The smallest absolute Gasteiger partial charge is 0.153 e. The van der Waals surface area contributed by atoms with Crippen LogP contribution in [0.15, 0.2) is 27.1 Å². The Morgan fingerprint density at radius 2 is 2.05 bits per heavy atom. The zero-order valence-corrected chi connectivity index (χ0v) is 13.6. The first-order valence-corrected chi connectivity index (χ1v) is 7.94. The molecule has 1 atom stereocenters. The molecule has 19 heavy (non-hydrogen) atoms. The molecular weight excluding hydrogens is 326 g/mol. The van der Waals surface area contributed by atoms with Crippen LogP contribution in [0, 0.1) is 0 Å². The molecule has 0 aliphatic heterocycles. The van der Waals surface area contributed by atoms with Crippen molar-refractivity contribution in [1.82, 2.24) is 5.32 Å². The van der Waals surface area contributed by atoms with Crippen LogP contribution >= 0.6 is 27.5 Å². The van der Waals surface area contributed by atoms with Gasteiger partial charge >= 0.3 is 0 Å². The van der Waals surface area contributed by atoms with E-state index in [1.165, 1.54) is 0 Å². The van der Waals surface area contributed by atoms with Crippen molar-refractivity contribution in [1.29, 1.82) is 0 Å². The van der Waals surface area contributed by atoms with Gasteiger partial charge in [0.25, 0.3) is 0 Å². The van der Waals surface area contributed by atoms with E-state index in [1.54, 1.807) is 0 Å². The minimum atomic E-state index is 0.271. The van der Waals surface area contributed by atoms with Gasteiger partial charge in [0.05, 0.1) is 11.1 Å². The van der Waals surface area contributed by atoms with E-state index in [2.05, 4.69) is 41.2 Å². The normalized spacial score (nSPS) is 13.1. The number of fused-ring (bicyclic) bond motifs is 1. The second kappa shape index (κ2) is 6.78. The van der Waals surface area contributed by atoms with E-state index in [-0.39, 0.29) is 6.04 Å². The second-order valence-corrected chi connectivity index (χ2v) is 6.07. The maximum atomic E-state index is 6.22. The molecule has 0 aliphatic rings. The molecule has 0 aliphatic carbocycles. The van der Waals surface area contributed by atoms with Crippen molar-refractivity contribution in [3.63, 3.8) is 0 Å². The number of furan rings is 1. The van der Waals surface area contributed by atoms with Crippen molar-refractivity contribution in [3.05, 3.63) is 33.5 Å². The molecule has 0 amide bonds. The van der Waals surface area contributed by atoms with Crippen LogP contribution in [-0.4, -0.2) is 6.54 Å². The van der Waals surface area contributed by atoms with Crippen LogP contribution < -0.4 is 5.32 Å². The summed E-state index contributed by atoms with van der Waals surface area (Å²) in [5.74, 6) is 0.977. The molecule has 0 spiro atoms. The average Bonchev–Trinajstić information content (AvgIpc) is 2.78. The monoisotopic (exact) mass is 343 g/mol. The van der Waals surface area contributed by atoms with Gasteiger partial charge in [-0.3, -0.25) is 0 Å². The summed E-state index contributed by atoms with van der Waals surface area (Å²) in [5, 5.41) is 5.24. The average molecular weight is 345 g/mol. The molecule has 2 nitrogen and oxygen atoms in total. The van der Waals surface area contributed by atoms with Crippen molar-refractivity contribution >= 4 is 38.5 Å². The van der Waals surface area contributed by atoms with Crippen molar-refractivity contribution in [2.75, 3.05) is 6.54 Å². The van der Waals surface area contributed by atoms with Gasteiger partial charge in [-0.15, -0.1) is 0 Å². The lowest BCUT2D eigenvalue weighted by atomic mass is 10.1. The maximum Gasteiger partial charge on any atom is 0.153 e. The van der Waals surface area contributed by atoms with Gasteiger partial charge in [0.2, 0.25) is 0 Å². The van der Waals surface area contributed by atoms with E-state index in [1.807, 2.05) is 12.1 Å². The number of hydrogen-bond acceptors (Lipinski definition) is 2. The third kappa shape index (κ3) is 3.53. The van der Waals surface area contributed by atoms with E-state index < -0.39 is 0 Å². The van der Waals surface area contributed by atoms with Gasteiger partial charge in [-0.25, -0.2) is 0 Å². The van der Waals surface area contributed by atoms with E-state index in [0.717, 1.165) is 47.0 Å². The molecule has 0 saturated heterocycles. The molecule has 4 heteroatoms. The first kappa shape index (κ1) is 14.9. The highest BCUT2D eigenvalue weighted by Crippen LogP contribution is 2.33. The van der Waals surface area contributed by atoms with Crippen LogP contribution in [0.4, 0.5) is 0 Å². The molecule has 0 bridgehead atoms. The van der Waals surface area contributed by atoms with Gasteiger partial charge in [0.1, 0.15) is 5.76 Å². The highest BCUT2D eigenvalue weighted by atomic mass is 79.9. The topological polar surface area (TPSA) is 25.2 Å². The molecule has 1 aromatic carbocycles. The van der Waals surface area contributed by atoms with Crippen LogP contribution in [0.25, 0.3) is 11.0 Å². The maximum absolute atomic E-state index is 6.22. The number of hydrogen-bond donors (Lipinski definition) is 1. The Morgan fingerprint density at radius 3 is 2.74 bits per heavy atom.